The Morgan fingerprint density at radius 3 is 2.00 bits per heavy atom. The predicted octanol–water partition coefficient (Wildman–Crippen LogP) is -1.03. The number of hydrogen-bond acceptors (Lipinski definition) is 6. The van der Waals surface area contributed by atoms with Crippen molar-refractivity contribution < 1.29 is 24.1 Å². The van der Waals surface area contributed by atoms with Gasteiger partial charge in [0.15, 0.2) is 12.6 Å². The predicted molar refractivity (Wildman–Crippen MR) is 70.8 cm³/mol. The molecule has 4 N–H and O–H groups in total. The second-order valence-electron chi connectivity index (χ2n) is 2.93. The van der Waals surface area contributed by atoms with Crippen molar-refractivity contribution in [2.24, 2.45) is 0 Å². The second kappa shape index (κ2) is 16.1. The average molecular weight is 288 g/mol. The first-order valence-corrected chi connectivity index (χ1v) is 5.95. The van der Waals surface area contributed by atoms with Crippen LogP contribution in [0.1, 0.15) is 12.8 Å². The van der Waals surface area contributed by atoms with Gasteiger partial charge in [0.25, 0.3) is 0 Å². The summed E-state index contributed by atoms with van der Waals surface area (Å²) in [6.45, 7) is 1.20. The number of rotatable bonds is 9. The Morgan fingerprint density at radius 1 is 1.18 bits per heavy atom. The van der Waals surface area contributed by atoms with Gasteiger partial charge in [0, 0.05) is 38.3 Å². The van der Waals surface area contributed by atoms with Gasteiger partial charge in [0.1, 0.15) is 0 Å². The molecule has 9 heteroatoms. The van der Waals surface area contributed by atoms with Crippen LogP contribution in [0.4, 0.5) is 0 Å². The van der Waals surface area contributed by atoms with Gasteiger partial charge in [-0.25, -0.2) is 0 Å². The monoisotopic (exact) mass is 288 g/mol. The van der Waals surface area contributed by atoms with Crippen LogP contribution in [-0.4, -0.2) is 49.3 Å². The lowest BCUT2D eigenvalue weighted by molar-refractivity contribution is -0.109. The maximum absolute atomic E-state index is 9.64. The van der Waals surface area contributed by atoms with Crippen molar-refractivity contribution in [3.05, 3.63) is 0 Å². The molecule has 0 saturated heterocycles. The molecule has 0 aliphatic carbocycles. The van der Waals surface area contributed by atoms with E-state index in [1.807, 2.05) is 26.0 Å². The lowest BCUT2D eigenvalue weighted by Gasteiger charge is -2.05. The van der Waals surface area contributed by atoms with Gasteiger partial charge in [-0.15, -0.1) is 0 Å². The average Bonchev–Trinajstić information content (AvgIpc) is 2.36. The van der Waals surface area contributed by atoms with Crippen molar-refractivity contribution in [3.8, 4) is 0 Å². The zero-order chi connectivity index (χ0) is 13.5. The van der Waals surface area contributed by atoms with Crippen molar-refractivity contribution in [2.45, 2.75) is 25.4 Å². The highest BCUT2D eigenvalue weighted by Gasteiger charge is 1.98. The minimum Gasteiger partial charge on any atom is -0.368 e. The van der Waals surface area contributed by atoms with E-state index in [-0.39, 0.29) is 0 Å². The van der Waals surface area contributed by atoms with Crippen molar-refractivity contribution in [1.29, 1.82) is 0 Å². The summed E-state index contributed by atoms with van der Waals surface area (Å²) in [4.78, 5) is 9.64. The third-order valence-corrected chi connectivity index (χ3v) is 2.20. The van der Waals surface area contributed by atoms with E-state index in [9.17, 15) is 4.79 Å². The van der Waals surface area contributed by atoms with Crippen LogP contribution in [0.2, 0.25) is 0 Å². The first-order valence-electron chi connectivity index (χ1n) is 5.01. The molecular formula is C8H22N2O5P2. The summed E-state index contributed by atoms with van der Waals surface area (Å²) in [5.74, 6) is 0. The van der Waals surface area contributed by atoms with Crippen LogP contribution in [0.15, 0.2) is 0 Å². The third kappa shape index (κ3) is 18.7. The van der Waals surface area contributed by atoms with Gasteiger partial charge in [0.2, 0.25) is 6.41 Å². The fraction of sp³-hybridized carbons (Fsp3) is 0.875. The Bertz CT molecular complexity index is 167. The zero-order valence-electron chi connectivity index (χ0n) is 9.83. The van der Waals surface area contributed by atoms with E-state index >= 15 is 0 Å². The first-order chi connectivity index (χ1) is 8.12. The molecular weight excluding hydrogens is 266 g/mol. The molecule has 17 heavy (non-hydrogen) atoms. The van der Waals surface area contributed by atoms with Gasteiger partial charge in [-0.1, -0.05) is 0 Å². The summed E-state index contributed by atoms with van der Waals surface area (Å²) in [6, 6.07) is 0. The number of carbonyl (C=O) groups is 1. The van der Waals surface area contributed by atoms with Crippen molar-refractivity contribution >= 4 is 25.3 Å². The zero-order valence-corrected chi connectivity index (χ0v) is 12.1. The summed E-state index contributed by atoms with van der Waals surface area (Å²) in [7, 11) is 5.78. The third-order valence-electron chi connectivity index (χ3n) is 1.57. The fourth-order valence-electron chi connectivity index (χ4n) is 0.670. The van der Waals surface area contributed by atoms with Crippen molar-refractivity contribution in [1.82, 2.24) is 10.6 Å². The number of amides is 1. The molecule has 0 spiro atoms. The van der Waals surface area contributed by atoms with Crippen LogP contribution in [-0.2, 0) is 13.8 Å². The summed E-state index contributed by atoms with van der Waals surface area (Å²) >= 11 is 0. The molecule has 0 fully saturated rings. The van der Waals surface area contributed by atoms with Gasteiger partial charge >= 0.3 is 0 Å². The minimum absolute atomic E-state index is 0.405. The normalized spacial score (nSPS) is 13.2. The Hall–Kier alpha value is 0.130. The van der Waals surface area contributed by atoms with E-state index in [2.05, 4.69) is 19.7 Å². The summed E-state index contributed by atoms with van der Waals surface area (Å²) in [5, 5.41) is 22.7. The van der Waals surface area contributed by atoms with Gasteiger partial charge in [-0.3, -0.25) is 4.79 Å². The highest BCUT2D eigenvalue weighted by Crippen LogP contribution is 1.97. The maximum Gasteiger partial charge on any atom is 0.207 e. The Kier molecular flexibility index (Phi) is 18.5. The van der Waals surface area contributed by atoms with Gasteiger partial charge < -0.3 is 29.9 Å². The number of aliphatic hydroxyl groups is 2. The molecule has 0 saturated carbocycles. The molecule has 0 aromatic carbocycles. The van der Waals surface area contributed by atoms with E-state index in [1.54, 1.807) is 0 Å². The molecule has 0 aromatic heterocycles. The van der Waals surface area contributed by atoms with Gasteiger partial charge in [-0.2, -0.15) is 0 Å². The minimum atomic E-state index is -0.803. The summed E-state index contributed by atoms with van der Waals surface area (Å²) < 4.78 is 8.90. The number of hydrogen-bond donors (Lipinski definition) is 4. The van der Waals surface area contributed by atoms with Crippen LogP contribution in [0.3, 0.4) is 0 Å². The standard InChI is InChI=1S/C4H10NO3P.C4H12NO2P/c6-3-5-2-1-4(7)8-9;1-5-3-2-4(6)7-8/h3-4,7H,1-2,9H2,(H,5,6);4-6H,2-3,8H2,1H3. The molecule has 0 rings (SSSR count). The molecule has 1 amide bonds. The van der Waals surface area contributed by atoms with Crippen molar-refractivity contribution in [3.63, 3.8) is 0 Å². The van der Waals surface area contributed by atoms with Crippen LogP contribution >= 0.6 is 18.9 Å². The molecule has 0 aromatic rings. The number of nitrogens with one attached hydrogen (secondary N) is 2. The Labute approximate surface area is 106 Å². The molecule has 0 radical (unpaired) electrons. The Balaban J connectivity index is 0. The highest BCUT2D eigenvalue weighted by atomic mass is 31.0. The van der Waals surface area contributed by atoms with E-state index in [0.717, 1.165) is 6.54 Å². The van der Waals surface area contributed by atoms with Crippen molar-refractivity contribution in [2.75, 3.05) is 20.1 Å². The molecule has 0 aliphatic heterocycles. The smallest absolute Gasteiger partial charge is 0.207 e. The van der Waals surface area contributed by atoms with E-state index in [1.165, 1.54) is 0 Å². The SMILES string of the molecule is CNCCC(O)OP.O=CNCCC(O)OP. The summed E-state index contributed by atoms with van der Waals surface area (Å²) in [6.07, 6.45) is 0.160. The van der Waals surface area contributed by atoms with Crippen LogP contribution in [0, 0.1) is 0 Å². The quantitative estimate of drug-likeness (QED) is 0.187. The molecule has 0 bridgehead atoms. The lowest BCUT2D eigenvalue weighted by atomic mass is 10.4. The van der Waals surface area contributed by atoms with E-state index in [4.69, 9.17) is 10.2 Å². The molecule has 0 aliphatic rings. The van der Waals surface area contributed by atoms with E-state index in [0.29, 0.717) is 25.8 Å². The molecule has 7 nitrogen and oxygen atoms in total. The Morgan fingerprint density at radius 2 is 1.65 bits per heavy atom. The van der Waals surface area contributed by atoms with Gasteiger partial charge in [-0.05, 0) is 13.6 Å². The van der Waals surface area contributed by atoms with Gasteiger partial charge in [0.05, 0.1) is 0 Å². The van der Waals surface area contributed by atoms with E-state index < -0.39 is 12.6 Å². The van der Waals surface area contributed by atoms with Crippen LogP contribution < -0.4 is 10.6 Å². The lowest BCUT2D eigenvalue weighted by Crippen LogP contribution is -2.18. The summed E-state index contributed by atoms with van der Waals surface area (Å²) in [5.41, 5.74) is 0. The fourth-order valence-corrected chi connectivity index (χ4v) is 0.942. The number of carbonyl (C=O) groups excluding carboxylic acids is 1. The second-order valence-corrected chi connectivity index (χ2v) is 3.48. The molecule has 4 unspecified atom stereocenters. The molecule has 4 atom stereocenters. The molecule has 0 heterocycles. The maximum atomic E-state index is 9.64. The highest BCUT2D eigenvalue weighted by molar-refractivity contribution is 7.10. The number of aliphatic hydroxyl groups excluding tert-OH is 2. The van der Waals surface area contributed by atoms with Crippen LogP contribution in [0.25, 0.3) is 0 Å². The largest absolute Gasteiger partial charge is 0.368 e. The topological polar surface area (TPSA) is 100 Å². The van der Waals surface area contributed by atoms with Crippen LogP contribution in [0.5, 0.6) is 0 Å². The molecule has 104 valence electrons. The first kappa shape index (κ1) is 19.5.